The molecule has 4 nitrogen and oxygen atoms in total. The van der Waals surface area contributed by atoms with E-state index in [0.717, 1.165) is 10.7 Å². The molecule has 1 aromatic heterocycles. The minimum absolute atomic E-state index is 0.0277. The van der Waals surface area contributed by atoms with Crippen LogP contribution in [0.4, 0.5) is 0 Å². The molecule has 1 N–H and O–H groups in total. The first-order valence-electron chi connectivity index (χ1n) is 7.74. The number of carbonyl (C=O) groups is 1. The average Bonchev–Trinajstić information content (AvgIpc) is 2.97. The molecule has 0 saturated heterocycles. The molecule has 0 spiro atoms. The van der Waals surface area contributed by atoms with Crippen LogP contribution in [0.25, 0.3) is 0 Å². The average molecular weight is 387 g/mol. The molecule has 0 aliphatic heterocycles. The zero-order valence-electron chi connectivity index (χ0n) is 13.6. The fourth-order valence-electron chi connectivity index (χ4n) is 1.97. The SMILES string of the molecule is CC(C)c1nc(CC(=O)NCCCOc2ccc(Cl)cc2Cl)cs1. The number of ether oxygens (including phenoxy) is 1. The molecule has 0 bridgehead atoms. The zero-order valence-corrected chi connectivity index (χ0v) is 16.0. The van der Waals surface area contributed by atoms with E-state index < -0.39 is 0 Å². The third-order valence-corrected chi connectivity index (χ3v) is 4.92. The Labute approximate surface area is 156 Å². The molecule has 1 amide bonds. The van der Waals surface area contributed by atoms with Crippen molar-refractivity contribution < 1.29 is 9.53 Å². The van der Waals surface area contributed by atoms with Crippen LogP contribution in [-0.4, -0.2) is 24.0 Å². The van der Waals surface area contributed by atoms with E-state index >= 15 is 0 Å². The number of nitrogens with zero attached hydrogens (tertiary/aromatic N) is 1. The minimum atomic E-state index is -0.0277. The molecule has 0 aliphatic rings. The number of amides is 1. The van der Waals surface area contributed by atoms with Crippen LogP contribution in [0, 0.1) is 0 Å². The van der Waals surface area contributed by atoms with Gasteiger partial charge in [-0.1, -0.05) is 37.0 Å². The second-order valence-corrected chi connectivity index (χ2v) is 7.37. The van der Waals surface area contributed by atoms with Crippen molar-refractivity contribution in [3.05, 3.63) is 44.3 Å². The molecular formula is C17H20Cl2N2O2S. The Hall–Kier alpha value is -1.30. The highest BCUT2D eigenvalue weighted by Crippen LogP contribution is 2.27. The van der Waals surface area contributed by atoms with Crippen LogP contribution >= 0.6 is 34.5 Å². The zero-order chi connectivity index (χ0) is 17.5. The Kier molecular flexibility index (Phi) is 7.34. The number of benzene rings is 1. The first kappa shape index (κ1) is 19.0. The van der Waals surface area contributed by atoms with Crippen LogP contribution < -0.4 is 10.1 Å². The Morgan fingerprint density at radius 1 is 1.38 bits per heavy atom. The highest BCUT2D eigenvalue weighted by Gasteiger charge is 2.09. The van der Waals surface area contributed by atoms with Gasteiger partial charge < -0.3 is 10.1 Å². The van der Waals surface area contributed by atoms with Crippen LogP contribution in [0.3, 0.4) is 0 Å². The van der Waals surface area contributed by atoms with Gasteiger partial charge in [-0.2, -0.15) is 0 Å². The molecule has 0 aliphatic carbocycles. The van der Waals surface area contributed by atoms with Crippen molar-refractivity contribution in [1.29, 1.82) is 0 Å². The van der Waals surface area contributed by atoms with Crippen LogP contribution in [-0.2, 0) is 11.2 Å². The summed E-state index contributed by atoms with van der Waals surface area (Å²) in [6.07, 6.45) is 1.01. The summed E-state index contributed by atoms with van der Waals surface area (Å²) >= 11 is 13.4. The fraction of sp³-hybridized carbons (Fsp3) is 0.412. The van der Waals surface area contributed by atoms with Crippen molar-refractivity contribution in [1.82, 2.24) is 10.3 Å². The molecule has 0 fully saturated rings. The Balaban J connectivity index is 1.65. The lowest BCUT2D eigenvalue weighted by Gasteiger charge is -2.08. The Bertz CT molecular complexity index is 689. The summed E-state index contributed by atoms with van der Waals surface area (Å²) in [7, 11) is 0. The number of halogens is 2. The van der Waals surface area contributed by atoms with Crippen molar-refractivity contribution in [2.24, 2.45) is 0 Å². The molecule has 1 aromatic carbocycles. The van der Waals surface area contributed by atoms with E-state index in [9.17, 15) is 4.79 Å². The van der Waals surface area contributed by atoms with Gasteiger partial charge in [-0.15, -0.1) is 11.3 Å². The highest BCUT2D eigenvalue weighted by molar-refractivity contribution is 7.09. The van der Waals surface area contributed by atoms with Crippen molar-refractivity contribution in [3.8, 4) is 5.75 Å². The molecule has 1 heterocycles. The second-order valence-electron chi connectivity index (χ2n) is 5.64. The maximum absolute atomic E-state index is 11.9. The smallest absolute Gasteiger partial charge is 0.226 e. The summed E-state index contributed by atoms with van der Waals surface area (Å²) in [5.41, 5.74) is 0.824. The van der Waals surface area contributed by atoms with Crippen LogP contribution in [0.2, 0.25) is 10.0 Å². The van der Waals surface area contributed by atoms with E-state index in [4.69, 9.17) is 27.9 Å². The predicted molar refractivity (Wildman–Crippen MR) is 99.5 cm³/mol. The highest BCUT2D eigenvalue weighted by atomic mass is 35.5. The summed E-state index contributed by atoms with van der Waals surface area (Å²) in [5, 5.41) is 6.93. The molecular weight excluding hydrogens is 367 g/mol. The van der Waals surface area contributed by atoms with Crippen molar-refractivity contribution in [2.45, 2.75) is 32.6 Å². The number of rotatable bonds is 8. The molecule has 24 heavy (non-hydrogen) atoms. The van der Waals surface area contributed by atoms with Crippen LogP contribution in [0.5, 0.6) is 5.75 Å². The van der Waals surface area contributed by atoms with Gasteiger partial charge in [0.2, 0.25) is 5.91 Å². The summed E-state index contributed by atoms with van der Waals surface area (Å²) in [6.45, 7) is 5.20. The summed E-state index contributed by atoms with van der Waals surface area (Å²) < 4.78 is 5.57. The van der Waals surface area contributed by atoms with Gasteiger partial charge in [-0.25, -0.2) is 4.98 Å². The number of hydrogen-bond donors (Lipinski definition) is 1. The lowest BCUT2D eigenvalue weighted by atomic mass is 10.2. The third-order valence-electron chi connectivity index (χ3n) is 3.20. The number of thiazole rings is 1. The lowest BCUT2D eigenvalue weighted by Crippen LogP contribution is -2.27. The predicted octanol–water partition coefficient (Wildman–Crippen LogP) is 4.70. The first-order valence-corrected chi connectivity index (χ1v) is 9.38. The number of nitrogens with one attached hydrogen (secondary N) is 1. The lowest BCUT2D eigenvalue weighted by molar-refractivity contribution is -0.120. The molecule has 0 atom stereocenters. The molecule has 130 valence electrons. The summed E-state index contributed by atoms with van der Waals surface area (Å²) in [6, 6.07) is 5.10. The van der Waals surface area contributed by atoms with Crippen molar-refractivity contribution in [3.63, 3.8) is 0 Å². The largest absolute Gasteiger partial charge is 0.492 e. The van der Waals surface area contributed by atoms with E-state index in [1.807, 2.05) is 5.38 Å². The fourth-order valence-corrected chi connectivity index (χ4v) is 3.27. The molecule has 0 saturated carbocycles. The monoisotopic (exact) mass is 386 g/mol. The maximum Gasteiger partial charge on any atom is 0.226 e. The summed E-state index contributed by atoms with van der Waals surface area (Å²) in [5.74, 6) is 0.958. The van der Waals surface area contributed by atoms with E-state index in [-0.39, 0.29) is 5.91 Å². The molecule has 2 aromatic rings. The van der Waals surface area contributed by atoms with Crippen LogP contribution in [0.1, 0.15) is 36.9 Å². The van der Waals surface area contributed by atoms with Gasteiger partial charge in [0.15, 0.2) is 0 Å². The maximum atomic E-state index is 11.9. The number of hydrogen-bond acceptors (Lipinski definition) is 4. The van der Waals surface area contributed by atoms with Crippen LogP contribution in [0.15, 0.2) is 23.6 Å². The third kappa shape index (κ3) is 5.96. The normalized spacial score (nSPS) is 10.9. The Morgan fingerprint density at radius 2 is 2.17 bits per heavy atom. The van der Waals surface area contributed by atoms with E-state index in [1.54, 1.807) is 29.5 Å². The van der Waals surface area contributed by atoms with Gasteiger partial charge >= 0.3 is 0 Å². The van der Waals surface area contributed by atoms with E-state index in [0.29, 0.717) is 47.7 Å². The Morgan fingerprint density at radius 3 is 2.83 bits per heavy atom. The quantitative estimate of drug-likeness (QED) is 0.668. The van der Waals surface area contributed by atoms with Crippen molar-refractivity contribution >= 4 is 40.4 Å². The standard InChI is InChI=1S/C17H20Cl2N2O2S/c1-11(2)17-21-13(10-24-17)9-16(22)20-6-3-7-23-15-5-4-12(18)8-14(15)19/h4-5,8,10-11H,3,6-7,9H2,1-2H3,(H,20,22). The van der Waals surface area contributed by atoms with Gasteiger partial charge in [0.25, 0.3) is 0 Å². The topological polar surface area (TPSA) is 51.2 Å². The van der Waals surface area contributed by atoms with E-state index in [2.05, 4.69) is 24.1 Å². The molecule has 7 heteroatoms. The second kappa shape index (κ2) is 9.25. The van der Waals surface area contributed by atoms with Gasteiger partial charge in [-0.05, 0) is 24.6 Å². The minimum Gasteiger partial charge on any atom is -0.492 e. The van der Waals surface area contributed by atoms with Gasteiger partial charge in [0.1, 0.15) is 5.75 Å². The van der Waals surface area contributed by atoms with Gasteiger partial charge in [-0.3, -0.25) is 4.79 Å². The first-order chi connectivity index (χ1) is 11.5. The number of carbonyl (C=O) groups excluding carboxylic acids is 1. The molecule has 0 radical (unpaired) electrons. The number of aromatic nitrogens is 1. The van der Waals surface area contributed by atoms with Gasteiger partial charge in [0.05, 0.1) is 28.8 Å². The summed E-state index contributed by atoms with van der Waals surface area (Å²) in [4.78, 5) is 16.4. The van der Waals surface area contributed by atoms with Crippen molar-refractivity contribution in [2.75, 3.05) is 13.2 Å². The molecule has 0 unspecified atom stereocenters. The molecule has 2 rings (SSSR count). The van der Waals surface area contributed by atoms with E-state index in [1.165, 1.54) is 0 Å². The van der Waals surface area contributed by atoms with Gasteiger partial charge in [0, 0.05) is 22.9 Å².